The molecule has 0 aromatic carbocycles. The second-order valence-corrected chi connectivity index (χ2v) is 4.10. The third kappa shape index (κ3) is 2.27. The Morgan fingerprint density at radius 2 is 2.50 bits per heavy atom. The van der Waals surface area contributed by atoms with E-state index in [9.17, 15) is 0 Å². The summed E-state index contributed by atoms with van der Waals surface area (Å²) in [5, 5.41) is 3.37. The first kappa shape index (κ1) is 9.97. The van der Waals surface area contributed by atoms with Crippen LogP contribution in [0.2, 0.25) is 0 Å². The van der Waals surface area contributed by atoms with Crippen LogP contribution in [0.5, 0.6) is 0 Å². The summed E-state index contributed by atoms with van der Waals surface area (Å²) in [4.78, 5) is 2.33. The lowest BCUT2D eigenvalue weighted by Crippen LogP contribution is -2.44. The lowest BCUT2D eigenvalue weighted by Gasteiger charge is -2.31. The summed E-state index contributed by atoms with van der Waals surface area (Å²) in [5.41, 5.74) is 0. The zero-order chi connectivity index (χ0) is 9.80. The molecule has 2 saturated heterocycles. The van der Waals surface area contributed by atoms with Gasteiger partial charge in [0.05, 0.1) is 19.3 Å². The van der Waals surface area contributed by atoms with Gasteiger partial charge in [0.25, 0.3) is 0 Å². The van der Waals surface area contributed by atoms with Gasteiger partial charge in [-0.3, -0.25) is 4.90 Å². The molecule has 0 radical (unpaired) electrons. The van der Waals surface area contributed by atoms with Gasteiger partial charge < -0.3 is 10.1 Å². The first-order chi connectivity index (χ1) is 6.90. The SMILES string of the molecule is C#CCN1CCO[C@H]2CNCC[C@H]2C1. The number of hydrogen-bond acceptors (Lipinski definition) is 3. The van der Waals surface area contributed by atoms with Crippen LogP contribution < -0.4 is 5.32 Å². The highest BCUT2D eigenvalue weighted by atomic mass is 16.5. The Kier molecular flexibility index (Phi) is 3.41. The number of rotatable bonds is 1. The maximum absolute atomic E-state index is 5.81. The van der Waals surface area contributed by atoms with Crippen molar-refractivity contribution in [3.63, 3.8) is 0 Å². The van der Waals surface area contributed by atoms with Crippen LogP contribution in [0.4, 0.5) is 0 Å². The van der Waals surface area contributed by atoms with Crippen LogP contribution in [-0.4, -0.2) is 50.3 Å². The molecule has 3 nitrogen and oxygen atoms in total. The van der Waals surface area contributed by atoms with E-state index in [1.807, 2.05) is 0 Å². The molecule has 0 aliphatic carbocycles. The van der Waals surface area contributed by atoms with E-state index >= 15 is 0 Å². The summed E-state index contributed by atoms with van der Waals surface area (Å²) in [6.07, 6.45) is 6.96. The molecule has 2 aliphatic heterocycles. The molecule has 2 heterocycles. The minimum Gasteiger partial charge on any atom is -0.375 e. The Morgan fingerprint density at radius 3 is 3.36 bits per heavy atom. The Hall–Kier alpha value is -0.560. The third-order valence-electron chi connectivity index (χ3n) is 3.11. The Morgan fingerprint density at radius 1 is 1.57 bits per heavy atom. The minimum absolute atomic E-state index is 0.409. The van der Waals surface area contributed by atoms with Gasteiger partial charge in [-0.1, -0.05) is 5.92 Å². The fourth-order valence-corrected chi connectivity index (χ4v) is 2.32. The third-order valence-corrected chi connectivity index (χ3v) is 3.11. The Bertz CT molecular complexity index is 224. The van der Waals surface area contributed by atoms with Gasteiger partial charge in [0, 0.05) is 25.6 Å². The average Bonchev–Trinajstić information content (AvgIpc) is 2.40. The summed E-state index contributed by atoms with van der Waals surface area (Å²) in [7, 11) is 0. The number of nitrogens with one attached hydrogen (secondary N) is 1. The number of fused-ring (bicyclic) bond motifs is 1. The average molecular weight is 194 g/mol. The second kappa shape index (κ2) is 4.79. The molecule has 0 bridgehead atoms. The molecule has 0 aromatic rings. The largest absolute Gasteiger partial charge is 0.375 e. The molecular weight excluding hydrogens is 176 g/mol. The normalized spacial score (nSPS) is 34.2. The van der Waals surface area contributed by atoms with E-state index in [-0.39, 0.29) is 0 Å². The molecule has 0 unspecified atom stereocenters. The van der Waals surface area contributed by atoms with Gasteiger partial charge in [0.1, 0.15) is 0 Å². The highest BCUT2D eigenvalue weighted by molar-refractivity contribution is 4.91. The van der Waals surface area contributed by atoms with E-state index in [0.717, 1.165) is 39.3 Å². The lowest BCUT2D eigenvalue weighted by molar-refractivity contribution is 0.0179. The van der Waals surface area contributed by atoms with Crippen molar-refractivity contribution < 1.29 is 4.74 Å². The van der Waals surface area contributed by atoms with Gasteiger partial charge in [-0.25, -0.2) is 0 Å². The molecule has 0 saturated carbocycles. The van der Waals surface area contributed by atoms with E-state index < -0.39 is 0 Å². The van der Waals surface area contributed by atoms with Crippen LogP contribution in [0.15, 0.2) is 0 Å². The van der Waals surface area contributed by atoms with Gasteiger partial charge in [-0.15, -0.1) is 6.42 Å². The highest BCUT2D eigenvalue weighted by Gasteiger charge is 2.29. The van der Waals surface area contributed by atoms with Gasteiger partial charge in [0.15, 0.2) is 0 Å². The highest BCUT2D eigenvalue weighted by Crippen LogP contribution is 2.19. The molecule has 0 aromatic heterocycles. The van der Waals surface area contributed by atoms with E-state index in [1.165, 1.54) is 6.42 Å². The van der Waals surface area contributed by atoms with Gasteiger partial charge in [-0.05, 0) is 13.0 Å². The summed E-state index contributed by atoms with van der Waals surface area (Å²) < 4.78 is 5.81. The quantitative estimate of drug-likeness (QED) is 0.591. The van der Waals surface area contributed by atoms with Crippen molar-refractivity contribution in [3.05, 3.63) is 0 Å². The zero-order valence-electron chi connectivity index (χ0n) is 8.54. The van der Waals surface area contributed by atoms with Crippen LogP contribution in [0, 0.1) is 18.3 Å². The number of piperidine rings is 1. The van der Waals surface area contributed by atoms with Crippen LogP contribution >= 0.6 is 0 Å². The molecule has 2 aliphatic rings. The summed E-state index contributed by atoms with van der Waals surface area (Å²) in [6, 6.07) is 0. The van der Waals surface area contributed by atoms with Crippen molar-refractivity contribution in [3.8, 4) is 12.3 Å². The van der Waals surface area contributed by atoms with Crippen LogP contribution in [0.3, 0.4) is 0 Å². The molecule has 3 heteroatoms. The molecule has 0 amide bonds. The molecule has 2 atom stereocenters. The predicted molar refractivity (Wildman–Crippen MR) is 56.0 cm³/mol. The second-order valence-electron chi connectivity index (χ2n) is 4.10. The Balaban J connectivity index is 1.93. The summed E-state index contributed by atoms with van der Waals surface area (Å²) in [5.74, 6) is 3.39. The lowest BCUT2D eigenvalue weighted by atomic mass is 9.95. The minimum atomic E-state index is 0.409. The Labute approximate surface area is 85.8 Å². The number of ether oxygens (including phenoxy) is 1. The van der Waals surface area contributed by atoms with Gasteiger partial charge >= 0.3 is 0 Å². The van der Waals surface area contributed by atoms with Crippen molar-refractivity contribution in [2.75, 3.05) is 39.3 Å². The first-order valence-corrected chi connectivity index (χ1v) is 5.38. The maximum atomic E-state index is 5.81. The monoisotopic (exact) mass is 194 g/mol. The summed E-state index contributed by atoms with van der Waals surface area (Å²) >= 11 is 0. The van der Waals surface area contributed by atoms with E-state index in [4.69, 9.17) is 11.2 Å². The van der Waals surface area contributed by atoms with E-state index in [0.29, 0.717) is 12.0 Å². The van der Waals surface area contributed by atoms with Crippen molar-refractivity contribution in [1.82, 2.24) is 10.2 Å². The topological polar surface area (TPSA) is 24.5 Å². The number of hydrogen-bond donors (Lipinski definition) is 1. The van der Waals surface area contributed by atoms with Gasteiger partial charge in [0.2, 0.25) is 0 Å². The van der Waals surface area contributed by atoms with Crippen molar-refractivity contribution in [2.24, 2.45) is 5.92 Å². The molecule has 2 rings (SSSR count). The summed E-state index contributed by atoms with van der Waals surface area (Å²) in [6.45, 7) is 5.81. The van der Waals surface area contributed by atoms with E-state index in [2.05, 4.69) is 16.1 Å². The maximum Gasteiger partial charge on any atom is 0.0740 e. The molecule has 1 N–H and O–H groups in total. The number of terminal acetylenes is 1. The smallest absolute Gasteiger partial charge is 0.0740 e. The standard InChI is InChI=1S/C11H18N2O/c1-2-5-13-6-7-14-11-8-12-4-3-10(11)9-13/h1,10-12H,3-9H2/t10-,11-/m0/s1. The van der Waals surface area contributed by atoms with Crippen LogP contribution in [0.25, 0.3) is 0 Å². The van der Waals surface area contributed by atoms with Crippen molar-refractivity contribution >= 4 is 0 Å². The predicted octanol–water partition coefficient (Wildman–Crippen LogP) is -0.0701. The molecule has 0 spiro atoms. The van der Waals surface area contributed by atoms with Crippen LogP contribution in [0.1, 0.15) is 6.42 Å². The van der Waals surface area contributed by atoms with E-state index in [1.54, 1.807) is 0 Å². The fourth-order valence-electron chi connectivity index (χ4n) is 2.32. The first-order valence-electron chi connectivity index (χ1n) is 5.38. The number of nitrogens with zero attached hydrogens (tertiary/aromatic N) is 1. The molecule has 78 valence electrons. The molecular formula is C11H18N2O. The van der Waals surface area contributed by atoms with Gasteiger partial charge in [-0.2, -0.15) is 0 Å². The van der Waals surface area contributed by atoms with Crippen molar-refractivity contribution in [1.29, 1.82) is 0 Å². The molecule has 14 heavy (non-hydrogen) atoms. The fraction of sp³-hybridized carbons (Fsp3) is 0.818. The zero-order valence-corrected chi connectivity index (χ0v) is 8.54. The molecule has 2 fully saturated rings. The van der Waals surface area contributed by atoms with Crippen molar-refractivity contribution in [2.45, 2.75) is 12.5 Å². The van der Waals surface area contributed by atoms with Crippen LogP contribution in [-0.2, 0) is 4.74 Å².